The minimum absolute atomic E-state index is 0.125. The summed E-state index contributed by atoms with van der Waals surface area (Å²) in [6.45, 7) is 6.10. The highest BCUT2D eigenvalue weighted by atomic mass is 16.1. The standard InChI is InChI=1S/C19H20N2O/c1-3-5-13-17(22)8-9-19(4-2)10-14-12(18(13)19)6-7-16-15(14)11-20-21-16/h3,6-7,11H,1,4-5,8-10H2,2H3,(H,20,21). The Morgan fingerprint density at radius 1 is 1.45 bits per heavy atom. The van der Waals surface area contributed by atoms with Crippen molar-refractivity contribution in [2.45, 2.75) is 39.0 Å². The first-order valence-electron chi connectivity index (χ1n) is 8.03. The van der Waals surface area contributed by atoms with Gasteiger partial charge >= 0.3 is 0 Å². The van der Waals surface area contributed by atoms with Crippen molar-refractivity contribution in [1.82, 2.24) is 10.2 Å². The second kappa shape index (κ2) is 4.67. The van der Waals surface area contributed by atoms with Crippen molar-refractivity contribution in [3.05, 3.63) is 47.7 Å². The molecule has 1 unspecified atom stereocenters. The van der Waals surface area contributed by atoms with Gasteiger partial charge in [-0.1, -0.05) is 19.1 Å². The van der Waals surface area contributed by atoms with Crippen molar-refractivity contribution in [3.63, 3.8) is 0 Å². The van der Waals surface area contributed by atoms with Gasteiger partial charge in [-0.15, -0.1) is 6.58 Å². The zero-order valence-corrected chi connectivity index (χ0v) is 12.9. The van der Waals surface area contributed by atoms with Crippen molar-refractivity contribution in [3.8, 4) is 0 Å². The van der Waals surface area contributed by atoms with Crippen LogP contribution in [0.15, 0.2) is 36.6 Å². The maximum atomic E-state index is 12.5. The summed E-state index contributed by atoms with van der Waals surface area (Å²) in [4.78, 5) is 12.5. The number of benzene rings is 1. The molecular formula is C19H20N2O. The molecule has 112 valence electrons. The Hall–Kier alpha value is -2.16. The number of ketones is 1. The van der Waals surface area contributed by atoms with Gasteiger partial charge in [0, 0.05) is 22.8 Å². The van der Waals surface area contributed by atoms with E-state index in [9.17, 15) is 4.79 Å². The largest absolute Gasteiger partial charge is 0.295 e. The Morgan fingerprint density at radius 3 is 3.09 bits per heavy atom. The minimum atomic E-state index is 0.125. The number of nitrogens with one attached hydrogen (secondary N) is 1. The highest BCUT2D eigenvalue weighted by molar-refractivity contribution is 6.08. The number of aromatic amines is 1. The van der Waals surface area contributed by atoms with E-state index < -0.39 is 0 Å². The molecule has 0 aliphatic heterocycles. The van der Waals surface area contributed by atoms with Gasteiger partial charge < -0.3 is 0 Å². The molecule has 0 bridgehead atoms. The maximum absolute atomic E-state index is 12.5. The Morgan fingerprint density at radius 2 is 2.32 bits per heavy atom. The molecule has 0 amide bonds. The van der Waals surface area contributed by atoms with Gasteiger partial charge in [0.15, 0.2) is 5.78 Å². The number of rotatable bonds is 3. The van der Waals surface area contributed by atoms with Crippen LogP contribution in [0, 0.1) is 5.41 Å². The summed E-state index contributed by atoms with van der Waals surface area (Å²) in [7, 11) is 0. The Kier molecular flexibility index (Phi) is 2.86. The first-order chi connectivity index (χ1) is 10.7. The maximum Gasteiger partial charge on any atom is 0.159 e. The van der Waals surface area contributed by atoms with Crippen LogP contribution in [0.2, 0.25) is 0 Å². The Bertz CT molecular complexity index is 827. The molecule has 0 saturated heterocycles. The van der Waals surface area contributed by atoms with Crippen molar-refractivity contribution < 1.29 is 4.79 Å². The average Bonchev–Trinajstić information content (AvgIpc) is 3.12. The summed E-state index contributed by atoms with van der Waals surface area (Å²) in [5.74, 6) is 0.305. The first-order valence-corrected chi connectivity index (χ1v) is 8.03. The van der Waals surface area contributed by atoms with Gasteiger partial charge in [-0.2, -0.15) is 5.10 Å². The lowest BCUT2D eigenvalue weighted by Gasteiger charge is -2.35. The Labute approximate surface area is 130 Å². The van der Waals surface area contributed by atoms with E-state index in [2.05, 4.69) is 35.8 Å². The summed E-state index contributed by atoms with van der Waals surface area (Å²) in [5, 5.41) is 8.45. The summed E-state index contributed by atoms with van der Waals surface area (Å²) in [5.41, 5.74) is 6.12. The van der Waals surface area contributed by atoms with E-state index in [0.29, 0.717) is 18.6 Å². The van der Waals surface area contributed by atoms with Crippen molar-refractivity contribution in [2.24, 2.45) is 5.41 Å². The van der Waals surface area contributed by atoms with Crippen molar-refractivity contribution in [2.75, 3.05) is 0 Å². The lowest BCUT2D eigenvalue weighted by atomic mass is 9.68. The van der Waals surface area contributed by atoms with Gasteiger partial charge in [-0.25, -0.2) is 0 Å². The summed E-state index contributed by atoms with van der Waals surface area (Å²) < 4.78 is 0. The number of carbonyl (C=O) groups is 1. The molecule has 3 heteroatoms. The molecule has 0 radical (unpaired) electrons. The van der Waals surface area contributed by atoms with E-state index in [1.165, 1.54) is 22.1 Å². The number of hydrogen-bond acceptors (Lipinski definition) is 2. The lowest BCUT2D eigenvalue weighted by molar-refractivity contribution is -0.116. The highest BCUT2D eigenvalue weighted by Gasteiger charge is 2.46. The zero-order valence-electron chi connectivity index (χ0n) is 12.9. The number of carbonyl (C=O) groups excluding carboxylic acids is 1. The van der Waals surface area contributed by atoms with Crippen LogP contribution in [-0.2, 0) is 11.2 Å². The number of allylic oxidation sites excluding steroid dienone is 3. The lowest BCUT2D eigenvalue weighted by Crippen LogP contribution is -2.28. The number of Topliss-reactive ketones (excluding diaryl/α,β-unsaturated/α-hetero) is 1. The third-order valence-corrected chi connectivity index (χ3v) is 5.54. The van der Waals surface area contributed by atoms with Crippen LogP contribution in [0.4, 0.5) is 0 Å². The van der Waals surface area contributed by atoms with Gasteiger partial charge in [-0.3, -0.25) is 9.89 Å². The summed E-state index contributed by atoms with van der Waals surface area (Å²) in [6.07, 6.45) is 8.20. The Balaban J connectivity index is 2.05. The molecule has 2 aliphatic carbocycles. The highest BCUT2D eigenvalue weighted by Crippen LogP contribution is 2.57. The molecule has 2 aliphatic rings. The molecule has 0 fully saturated rings. The fourth-order valence-electron chi connectivity index (χ4n) is 4.39. The van der Waals surface area contributed by atoms with Gasteiger partial charge in [0.1, 0.15) is 0 Å². The number of H-pyrrole nitrogens is 1. The van der Waals surface area contributed by atoms with Crippen molar-refractivity contribution >= 4 is 22.3 Å². The van der Waals surface area contributed by atoms with Crippen LogP contribution in [0.25, 0.3) is 16.5 Å². The molecule has 22 heavy (non-hydrogen) atoms. The molecule has 4 rings (SSSR count). The van der Waals surface area contributed by atoms with Gasteiger partial charge in [0.05, 0.1) is 11.7 Å². The topological polar surface area (TPSA) is 45.8 Å². The molecule has 1 aromatic heterocycles. The van der Waals surface area contributed by atoms with Crippen LogP contribution in [0.5, 0.6) is 0 Å². The number of nitrogens with zero attached hydrogens (tertiary/aromatic N) is 1. The second-order valence-corrected chi connectivity index (χ2v) is 6.50. The van der Waals surface area contributed by atoms with Gasteiger partial charge in [0.25, 0.3) is 0 Å². The van der Waals surface area contributed by atoms with Gasteiger partial charge in [-0.05, 0) is 48.4 Å². The van der Waals surface area contributed by atoms with E-state index in [1.807, 2.05) is 12.3 Å². The molecule has 1 heterocycles. The molecule has 0 spiro atoms. The number of aromatic nitrogens is 2. The first kappa shape index (κ1) is 13.5. The van der Waals surface area contributed by atoms with Gasteiger partial charge in [0.2, 0.25) is 0 Å². The number of hydrogen-bond donors (Lipinski definition) is 1. The minimum Gasteiger partial charge on any atom is -0.295 e. The molecular weight excluding hydrogens is 272 g/mol. The molecule has 1 aromatic carbocycles. The summed E-state index contributed by atoms with van der Waals surface area (Å²) in [6, 6.07) is 4.26. The van der Waals surface area contributed by atoms with Crippen LogP contribution in [-0.4, -0.2) is 16.0 Å². The second-order valence-electron chi connectivity index (χ2n) is 6.50. The third kappa shape index (κ3) is 1.62. The number of fused-ring (bicyclic) bond motifs is 5. The SMILES string of the molecule is C=CCC1=C2c3ccc4[nH]ncc4c3CC2(CC)CCC1=O. The fourth-order valence-corrected chi connectivity index (χ4v) is 4.39. The van der Waals surface area contributed by atoms with E-state index in [-0.39, 0.29) is 5.41 Å². The van der Waals surface area contributed by atoms with Crippen LogP contribution < -0.4 is 0 Å². The van der Waals surface area contributed by atoms with Crippen LogP contribution in [0.1, 0.15) is 43.7 Å². The summed E-state index contributed by atoms with van der Waals surface area (Å²) >= 11 is 0. The molecule has 2 aromatic rings. The molecule has 0 saturated carbocycles. The molecule has 1 N–H and O–H groups in total. The fraction of sp³-hybridized carbons (Fsp3) is 0.368. The quantitative estimate of drug-likeness (QED) is 0.861. The van der Waals surface area contributed by atoms with Crippen molar-refractivity contribution in [1.29, 1.82) is 0 Å². The smallest absolute Gasteiger partial charge is 0.159 e. The average molecular weight is 292 g/mol. The zero-order chi connectivity index (χ0) is 15.3. The molecule has 3 nitrogen and oxygen atoms in total. The predicted molar refractivity (Wildman–Crippen MR) is 88.5 cm³/mol. The van der Waals surface area contributed by atoms with Crippen LogP contribution in [0.3, 0.4) is 0 Å². The van der Waals surface area contributed by atoms with E-state index >= 15 is 0 Å². The predicted octanol–water partition coefficient (Wildman–Crippen LogP) is 4.21. The van der Waals surface area contributed by atoms with E-state index in [4.69, 9.17) is 0 Å². The van der Waals surface area contributed by atoms with Crippen LogP contribution >= 0.6 is 0 Å². The van der Waals surface area contributed by atoms with E-state index in [1.54, 1.807) is 0 Å². The van der Waals surface area contributed by atoms with E-state index in [0.717, 1.165) is 30.4 Å². The monoisotopic (exact) mass is 292 g/mol. The molecule has 1 atom stereocenters. The third-order valence-electron chi connectivity index (χ3n) is 5.54. The normalized spacial score (nSPS) is 23.8.